The Morgan fingerprint density at radius 2 is 1.85 bits per heavy atom. The summed E-state index contributed by atoms with van der Waals surface area (Å²) in [6, 6.07) is 9.22. The lowest BCUT2D eigenvalue weighted by Crippen LogP contribution is -2.24. The Balaban J connectivity index is 0.00000243. The lowest BCUT2D eigenvalue weighted by Gasteiger charge is -2.08. The first-order valence-electron chi connectivity index (χ1n) is 8.04. The van der Waals surface area contributed by atoms with Crippen LogP contribution in [0.2, 0.25) is 0 Å². The molecule has 0 spiro atoms. The highest BCUT2D eigenvalue weighted by molar-refractivity contribution is 5.85. The van der Waals surface area contributed by atoms with E-state index in [1.807, 2.05) is 14.0 Å². The topological polar surface area (TPSA) is 51.0 Å². The van der Waals surface area contributed by atoms with Crippen molar-refractivity contribution in [2.75, 3.05) is 7.05 Å². The van der Waals surface area contributed by atoms with Crippen LogP contribution in [0.3, 0.4) is 0 Å². The van der Waals surface area contributed by atoms with E-state index in [4.69, 9.17) is 4.52 Å². The molecule has 7 heteroatoms. The molecule has 4 nitrogen and oxygen atoms in total. The van der Waals surface area contributed by atoms with Crippen LogP contribution in [0.15, 0.2) is 40.9 Å². The number of hydrogen-bond donors (Lipinski definition) is 1. The van der Waals surface area contributed by atoms with Gasteiger partial charge in [-0.2, -0.15) is 4.98 Å². The maximum absolute atomic E-state index is 14.6. The van der Waals surface area contributed by atoms with Gasteiger partial charge in [-0.1, -0.05) is 17.3 Å². The molecule has 0 saturated carbocycles. The normalized spacial score (nSPS) is 11.9. The molecule has 1 unspecified atom stereocenters. The highest BCUT2D eigenvalue weighted by Gasteiger charge is 2.15. The summed E-state index contributed by atoms with van der Waals surface area (Å²) in [6.07, 6.45) is 0.620. The molecule has 26 heavy (non-hydrogen) atoms. The Morgan fingerprint density at radius 1 is 1.12 bits per heavy atom. The number of aromatic nitrogens is 2. The van der Waals surface area contributed by atoms with E-state index < -0.39 is 5.82 Å². The molecule has 0 bridgehead atoms. The molecule has 2 aromatic carbocycles. The maximum atomic E-state index is 14.6. The molecule has 0 saturated heterocycles. The number of likely N-dealkylation sites (N-methyl/N-ethyl adjacent to an activating group) is 1. The lowest BCUT2D eigenvalue weighted by atomic mass is 9.99. The van der Waals surface area contributed by atoms with E-state index in [-0.39, 0.29) is 30.2 Å². The van der Waals surface area contributed by atoms with E-state index >= 15 is 0 Å². The van der Waals surface area contributed by atoms with Crippen LogP contribution in [0.4, 0.5) is 8.78 Å². The first-order chi connectivity index (χ1) is 12.0. The summed E-state index contributed by atoms with van der Waals surface area (Å²) < 4.78 is 33.1. The van der Waals surface area contributed by atoms with Crippen LogP contribution in [-0.2, 0) is 6.42 Å². The zero-order valence-corrected chi connectivity index (χ0v) is 15.5. The lowest BCUT2D eigenvalue weighted by molar-refractivity contribution is 0.418. The van der Waals surface area contributed by atoms with Gasteiger partial charge in [0.25, 0.3) is 5.89 Å². The molecule has 0 fully saturated rings. The molecule has 1 atom stereocenters. The fourth-order valence-electron chi connectivity index (χ4n) is 2.63. The van der Waals surface area contributed by atoms with E-state index in [9.17, 15) is 8.78 Å². The molecular weight excluding hydrogens is 360 g/mol. The van der Waals surface area contributed by atoms with Crippen molar-refractivity contribution >= 4 is 12.4 Å². The summed E-state index contributed by atoms with van der Waals surface area (Å²) in [5.74, 6) is 0.0818. The molecule has 0 aliphatic heterocycles. The molecule has 3 rings (SSSR count). The Bertz CT molecular complexity index is 898. The SMILES string of the molecule is CNC(C)Cc1noc(-c2ccc(-c3ccc(F)cc3C)c(F)c2)n1.Cl. The van der Waals surface area contributed by atoms with Gasteiger partial charge in [0.05, 0.1) is 0 Å². The summed E-state index contributed by atoms with van der Waals surface area (Å²) in [4.78, 5) is 4.31. The Labute approximate surface area is 157 Å². The quantitative estimate of drug-likeness (QED) is 0.706. The van der Waals surface area contributed by atoms with E-state index in [0.717, 1.165) is 0 Å². The second kappa shape index (κ2) is 8.38. The van der Waals surface area contributed by atoms with Gasteiger partial charge in [-0.05, 0) is 56.3 Å². The van der Waals surface area contributed by atoms with Crippen molar-refractivity contribution in [1.29, 1.82) is 0 Å². The van der Waals surface area contributed by atoms with Crippen LogP contribution in [0, 0.1) is 18.6 Å². The highest BCUT2D eigenvalue weighted by atomic mass is 35.5. The summed E-state index contributed by atoms with van der Waals surface area (Å²) in [5, 5.41) is 7.02. The molecule has 138 valence electrons. The number of benzene rings is 2. The van der Waals surface area contributed by atoms with Crippen molar-refractivity contribution in [3.63, 3.8) is 0 Å². The van der Waals surface area contributed by atoms with Gasteiger partial charge in [-0.15, -0.1) is 12.4 Å². The Morgan fingerprint density at radius 3 is 2.50 bits per heavy atom. The monoisotopic (exact) mass is 379 g/mol. The molecular formula is C19H20ClF2N3O. The van der Waals surface area contributed by atoms with Gasteiger partial charge in [-0.25, -0.2) is 8.78 Å². The average Bonchev–Trinajstić information content (AvgIpc) is 3.04. The second-order valence-corrected chi connectivity index (χ2v) is 6.06. The summed E-state index contributed by atoms with van der Waals surface area (Å²) >= 11 is 0. The summed E-state index contributed by atoms with van der Waals surface area (Å²) in [6.45, 7) is 3.76. The zero-order chi connectivity index (χ0) is 18.0. The fourth-order valence-corrected chi connectivity index (χ4v) is 2.63. The molecule has 0 aliphatic rings. The van der Waals surface area contributed by atoms with Crippen LogP contribution in [-0.4, -0.2) is 23.2 Å². The van der Waals surface area contributed by atoms with Gasteiger partial charge in [0.1, 0.15) is 11.6 Å². The van der Waals surface area contributed by atoms with Gasteiger partial charge >= 0.3 is 0 Å². The Hall–Kier alpha value is -2.31. The van der Waals surface area contributed by atoms with Crippen molar-refractivity contribution < 1.29 is 13.3 Å². The highest BCUT2D eigenvalue weighted by Crippen LogP contribution is 2.29. The van der Waals surface area contributed by atoms with Crippen LogP contribution in [0.1, 0.15) is 18.3 Å². The smallest absolute Gasteiger partial charge is 0.258 e. The maximum Gasteiger partial charge on any atom is 0.258 e. The number of rotatable bonds is 5. The van der Waals surface area contributed by atoms with Crippen LogP contribution in [0.25, 0.3) is 22.6 Å². The largest absolute Gasteiger partial charge is 0.334 e. The number of hydrogen-bond acceptors (Lipinski definition) is 4. The van der Waals surface area contributed by atoms with Gasteiger partial charge in [0.15, 0.2) is 5.82 Å². The van der Waals surface area contributed by atoms with E-state index in [1.54, 1.807) is 25.1 Å². The van der Waals surface area contributed by atoms with E-state index in [0.29, 0.717) is 34.5 Å². The molecule has 1 heterocycles. The minimum atomic E-state index is -0.421. The first-order valence-corrected chi connectivity index (χ1v) is 8.04. The Kier molecular flexibility index (Phi) is 6.45. The van der Waals surface area contributed by atoms with E-state index in [2.05, 4.69) is 15.5 Å². The minimum Gasteiger partial charge on any atom is -0.334 e. The van der Waals surface area contributed by atoms with Crippen LogP contribution in [0.5, 0.6) is 0 Å². The second-order valence-electron chi connectivity index (χ2n) is 6.06. The number of aryl methyl sites for hydroxylation is 1. The van der Waals surface area contributed by atoms with Crippen molar-refractivity contribution in [3.05, 3.63) is 59.4 Å². The van der Waals surface area contributed by atoms with Crippen molar-refractivity contribution in [3.8, 4) is 22.6 Å². The molecule has 0 amide bonds. The predicted molar refractivity (Wildman–Crippen MR) is 99.3 cm³/mol. The van der Waals surface area contributed by atoms with Gasteiger partial charge in [-0.3, -0.25) is 0 Å². The van der Waals surface area contributed by atoms with Gasteiger partial charge in [0, 0.05) is 23.6 Å². The molecule has 0 aliphatic carbocycles. The number of nitrogens with one attached hydrogen (secondary N) is 1. The third kappa shape index (κ3) is 4.26. The van der Waals surface area contributed by atoms with Crippen molar-refractivity contribution in [1.82, 2.24) is 15.5 Å². The first kappa shape index (κ1) is 20.0. The van der Waals surface area contributed by atoms with Crippen molar-refractivity contribution in [2.45, 2.75) is 26.3 Å². The van der Waals surface area contributed by atoms with Crippen LogP contribution < -0.4 is 5.32 Å². The predicted octanol–water partition coefficient (Wildman–Crippen LogP) is 4.56. The standard InChI is InChI=1S/C19H19F2N3O.ClH/c1-11-8-14(20)5-7-15(11)16-6-4-13(10-17(16)21)19-23-18(24-25-19)9-12(2)22-3;/h4-8,10,12,22H,9H2,1-3H3;1H. The summed E-state index contributed by atoms with van der Waals surface area (Å²) in [5.41, 5.74) is 2.24. The number of halogens is 3. The number of nitrogens with zero attached hydrogens (tertiary/aromatic N) is 2. The van der Waals surface area contributed by atoms with Crippen molar-refractivity contribution in [2.24, 2.45) is 0 Å². The minimum absolute atomic E-state index is 0. The molecule has 3 aromatic rings. The van der Waals surface area contributed by atoms with E-state index in [1.165, 1.54) is 18.2 Å². The molecule has 0 radical (unpaired) electrons. The van der Waals surface area contributed by atoms with Gasteiger partial charge in [0.2, 0.25) is 0 Å². The third-order valence-corrected chi connectivity index (χ3v) is 4.14. The van der Waals surface area contributed by atoms with Gasteiger partial charge < -0.3 is 9.84 Å². The van der Waals surface area contributed by atoms with Crippen LogP contribution >= 0.6 is 12.4 Å². The molecule has 1 aromatic heterocycles. The zero-order valence-electron chi connectivity index (χ0n) is 14.7. The molecule has 1 N–H and O–H groups in total. The fraction of sp³-hybridized carbons (Fsp3) is 0.263. The average molecular weight is 380 g/mol. The summed E-state index contributed by atoms with van der Waals surface area (Å²) in [7, 11) is 1.86. The third-order valence-electron chi connectivity index (χ3n) is 4.14.